The van der Waals surface area contributed by atoms with Gasteiger partial charge in [-0.05, 0) is 78.9 Å². The fourth-order valence-electron chi connectivity index (χ4n) is 4.35. The van der Waals surface area contributed by atoms with E-state index in [2.05, 4.69) is 64.1 Å². The zero-order valence-electron chi connectivity index (χ0n) is 18.5. The summed E-state index contributed by atoms with van der Waals surface area (Å²) in [7, 11) is 0. The van der Waals surface area contributed by atoms with Crippen LogP contribution in [0.5, 0.6) is 0 Å². The lowest BCUT2D eigenvalue weighted by atomic mass is 9.98. The molecule has 0 atom stereocenters. The van der Waals surface area contributed by atoms with Crippen molar-refractivity contribution in [2.75, 3.05) is 0 Å². The molecule has 6 rings (SSSR count). The number of oxazole rings is 2. The first-order valence-corrected chi connectivity index (χ1v) is 10.8. The first kappa shape index (κ1) is 18.8. The minimum Gasteiger partial charge on any atom is -0.436 e. The lowest BCUT2D eigenvalue weighted by molar-refractivity contribution is 0.612. The number of aryl methyl sites for hydroxylation is 4. The van der Waals surface area contributed by atoms with Gasteiger partial charge in [0.05, 0.1) is 11.1 Å². The Morgan fingerprint density at radius 3 is 1.88 bits per heavy atom. The number of fused-ring (bicyclic) bond motifs is 3. The average Bonchev–Trinajstić information content (AvgIpc) is 3.43. The Labute approximate surface area is 185 Å². The molecule has 4 nitrogen and oxygen atoms in total. The van der Waals surface area contributed by atoms with Crippen molar-refractivity contribution < 1.29 is 8.83 Å². The summed E-state index contributed by atoms with van der Waals surface area (Å²) in [6.45, 7) is 8.35. The SMILES string of the molecule is Cc1ccc2oc(-c3ccc4ccccc4c3-c3nc4c(C)c(C)ccc4o3)nc2c1C. The van der Waals surface area contributed by atoms with Crippen LogP contribution >= 0.6 is 0 Å². The topological polar surface area (TPSA) is 52.1 Å². The summed E-state index contributed by atoms with van der Waals surface area (Å²) < 4.78 is 12.5. The number of rotatable bonds is 2. The van der Waals surface area contributed by atoms with E-state index in [0.717, 1.165) is 55.2 Å². The maximum absolute atomic E-state index is 6.30. The summed E-state index contributed by atoms with van der Waals surface area (Å²) in [5.41, 5.74) is 9.78. The van der Waals surface area contributed by atoms with E-state index in [1.807, 2.05) is 24.3 Å². The van der Waals surface area contributed by atoms with Gasteiger partial charge in [-0.15, -0.1) is 0 Å². The van der Waals surface area contributed by atoms with Gasteiger partial charge in [-0.2, -0.15) is 0 Å². The van der Waals surface area contributed by atoms with Crippen LogP contribution in [0.4, 0.5) is 0 Å². The Balaban J connectivity index is 1.69. The first-order valence-electron chi connectivity index (χ1n) is 10.8. The van der Waals surface area contributed by atoms with Crippen molar-refractivity contribution in [1.29, 1.82) is 0 Å². The molecule has 0 saturated heterocycles. The molecular weight excluding hydrogens is 396 g/mol. The van der Waals surface area contributed by atoms with E-state index >= 15 is 0 Å². The molecule has 0 spiro atoms. The molecule has 6 aromatic rings. The van der Waals surface area contributed by atoms with E-state index in [9.17, 15) is 0 Å². The van der Waals surface area contributed by atoms with E-state index < -0.39 is 0 Å². The average molecular weight is 418 g/mol. The second kappa shape index (κ2) is 6.79. The number of aromatic nitrogens is 2. The highest BCUT2D eigenvalue weighted by Crippen LogP contribution is 2.40. The highest BCUT2D eigenvalue weighted by atomic mass is 16.4. The highest BCUT2D eigenvalue weighted by molar-refractivity contribution is 6.02. The third kappa shape index (κ3) is 2.69. The fourth-order valence-corrected chi connectivity index (χ4v) is 4.35. The second-order valence-electron chi connectivity index (χ2n) is 8.46. The van der Waals surface area contributed by atoms with Crippen LogP contribution < -0.4 is 0 Å². The second-order valence-corrected chi connectivity index (χ2v) is 8.46. The monoisotopic (exact) mass is 418 g/mol. The van der Waals surface area contributed by atoms with Gasteiger partial charge in [-0.25, -0.2) is 9.97 Å². The molecule has 156 valence electrons. The van der Waals surface area contributed by atoms with Crippen molar-refractivity contribution in [2.45, 2.75) is 27.7 Å². The molecule has 0 aliphatic heterocycles. The lowest BCUT2D eigenvalue weighted by Crippen LogP contribution is -1.89. The Kier molecular flexibility index (Phi) is 3.99. The van der Waals surface area contributed by atoms with Crippen molar-refractivity contribution >= 4 is 33.0 Å². The Hall–Kier alpha value is -3.92. The highest BCUT2D eigenvalue weighted by Gasteiger charge is 2.22. The fraction of sp³-hybridized carbons (Fsp3) is 0.143. The number of hydrogen-bond acceptors (Lipinski definition) is 4. The summed E-state index contributed by atoms with van der Waals surface area (Å²) in [5, 5.41) is 2.17. The molecule has 0 aliphatic rings. The van der Waals surface area contributed by atoms with Crippen LogP contribution in [0.15, 0.2) is 69.5 Å². The van der Waals surface area contributed by atoms with Crippen LogP contribution in [0.2, 0.25) is 0 Å². The summed E-state index contributed by atoms with van der Waals surface area (Å²) in [6, 6.07) is 20.5. The molecule has 0 amide bonds. The van der Waals surface area contributed by atoms with Gasteiger partial charge in [0.15, 0.2) is 11.2 Å². The molecule has 0 saturated carbocycles. The quantitative estimate of drug-likeness (QED) is 0.289. The molecule has 0 aliphatic carbocycles. The van der Waals surface area contributed by atoms with Crippen LogP contribution in [0.3, 0.4) is 0 Å². The van der Waals surface area contributed by atoms with Crippen LogP contribution in [0, 0.1) is 27.7 Å². The third-order valence-corrected chi connectivity index (χ3v) is 6.54. The number of hydrogen-bond donors (Lipinski definition) is 0. The van der Waals surface area contributed by atoms with Gasteiger partial charge in [0.1, 0.15) is 11.0 Å². The van der Waals surface area contributed by atoms with Gasteiger partial charge in [0.2, 0.25) is 11.8 Å². The molecule has 2 aromatic heterocycles. The minimum absolute atomic E-state index is 0.574. The maximum atomic E-state index is 6.30. The van der Waals surface area contributed by atoms with Crippen LogP contribution in [-0.2, 0) is 0 Å². The largest absolute Gasteiger partial charge is 0.436 e. The molecule has 4 heteroatoms. The molecular formula is C28H22N2O2. The molecule has 32 heavy (non-hydrogen) atoms. The predicted octanol–water partition coefficient (Wildman–Crippen LogP) is 7.69. The molecule has 4 aromatic carbocycles. The standard InChI is InChI=1S/C28H22N2O2/c1-15-9-13-22-25(17(15)3)29-27(31-22)21-12-11-19-7-5-6-8-20(19)24(21)28-30-26-18(4)16(2)10-14-23(26)32-28/h5-14H,1-4H3. The summed E-state index contributed by atoms with van der Waals surface area (Å²) >= 11 is 0. The van der Waals surface area contributed by atoms with Gasteiger partial charge in [0, 0.05) is 0 Å². The molecule has 0 unspecified atom stereocenters. The minimum atomic E-state index is 0.574. The van der Waals surface area contributed by atoms with Gasteiger partial charge >= 0.3 is 0 Å². The molecule has 0 radical (unpaired) electrons. The van der Waals surface area contributed by atoms with Gasteiger partial charge in [-0.1, -0.05) is 42.5 Å². The normalized spacial score (nSPS) is 11.8. The zero-order chi connectivity index (χ0) is 22.0. The molecule has 0 bridgehead atoms. The lowest BCUT2D eigenvalue weighted by Gasteiger charge is -2.08. The van der Waals surface area contributed by atoms with E-state index in [1.165, 1.54) is 11.1 Å². The first-order chi connectivity index (χ1) is 15.5. The summed E-state index contributed by atoms with van der Waals surface area (Å²) in [6.07, 6.45) is 0. The van der Waals surface area contributed by atoms with Crippen molar-refractivity contribution in [2.24, 2.45) is 0 Å². The summed E-state index contributed by atoms with van der Waals surface area (Å²) in [4.78, 5) is 9.81. The predicted molar refractivity (Wildman–Crippen MR) is 129 cm³/mol. The smallest absolute Gasteiger partial charge is 0.228 e. The van der Waals surface area contributed by atoms with E-state index in [1.54, 1.807) is 0 Å². The van der Waals surface area contributed by atoms with Crippen LogP contribution in [0.25, 0.3) is 55.9 Å². The molecule has 0 N–H and O–H groups in total. The Morgan fingerprint density at radius 1 is 0.594 bits per heavy atom. The molecule has 0 fully saturated rings. The van der Waals surface area contributed by atoms with E-state index in [-0.39, 0.29) is 0 Å². The van der Waals surface area contributed by atoms with Gasteiger partial charge in [0.25, 0.3) is 0 Å². The van der Waals surface area contributed by atoms with Gasteiger partial charge in [-0.3, -0.25) is 0 Å². The van der Waals surface area contributed by atoms with E-state index in [0.29, 0.717) is 11.8 Å². The van der Waals surface area contributed by atoms with Crippen LogP contribution in [-0.4, -0.2) is 9.97 Å². The zero-order valence-corrected chi connectivity index (χ0v) is 18.5. The van der Waals surface area contributed by atoms with Crippen molar-refractivity contribution in [3.63, 3.8) is 0 Å². The maximum Gasteiger partial charge on any atom is 0.228 e. The number of benzene rings is 4. The molecule has 2 heterocycles. The third-order valence-electron chi connectivity index (χ3n) is 6.54. The van der Waals surface area contributed by atoms with Crippen molar-refractivity contribution in [3.8, 4) is 22.9 Å². The van der Waals surface area contributed by atoms with Crippen molar-refractivity contribution in [3.05, 3.63) is 82.9 Å². The van der Waals surface area contributed by atoms with E-state index in [4.69, 9.17) is 18.8 Å². The van der Waals surface area contributed by atoms with Crippen molar-refractivity contribution in [1.82, 2.24) is 9.97 Å². The van der Waals surface area contributed by atoms with Gasteiger partial charge < -0.3 is 8.83 Å². The summed E-state index contributed by atoms with van der Waals surface area (Å²) in [5.74, 6) is 1.15. The Bertz CT molecular complexity index is 1670. The Morgan fingerprint density at radius 2 is 1.19 bits per heavy atom. The van der Waals surface area contributed by atoms with Crippen LogP contribution in [0.1, 0.15) is 22.3 Å². The number of nitrogens with zero attached hydrogens (tertiary/aromatic N) is 2.